The summed E-state index contributed by atoms with van der Waals surface area (Å²) in [7, 11) is 0. The Morgan fingerprint density at radius 2 is 2.07 bits per heavy atom. The Morgan fingerprint density at radius 1 is 1.36 bits per heavy atom. The number of rotatable bonds is 2. The van der Waals surface area contributed by atoms with Crippen molar-refractivity contribution >= 4 is 23.3 Å². The average Bonchev–Trinajstić information content (AvgIpc) is 2.68. The third-order valence-corrected chi connectivity index (χ3v) is 3.16. The van der Waals surface area contributed by atoms with Crippen molar-refractivity contribution in [3.63, 3.8) is 0 Å². The van der Waals surface area contributed by atoms with Crippen LogP contribution in [-0.4, -0.2) is 28.2 Å². The van der Waals surface area contributed by atoms with E-state index in [0.717, 1.165) is 19.0 Å². The van der Waals surface area contributed by atoms with Crippen LogP contribution in [0.1, 0.15) is 36.0 Å². The van der Waals surface area contributed by atoms with Crippen LogP contribution >= 0.6 is 11.5 Å². The van der Waals surface area contributed by atoms with Gasteiger partial charge < -0.3 is 4.90 Å². The molecular weight excluding hydrogens is 198 g/mol. The number of aromatic nitrogens is 2. The molecule has 14 heavy (non-hydrogen) atoms. The molecule has 2 rings (SSSR count). The van der Waals surface area contributed by atoms with E-state index in [1.165, 1.54) is 37.7 Å². The van der Waals surface area contributed by atoms with E-state index in [9.17, 15) is 4.79 Å². The minimum Gasteiger partial charge on any atom is -0.340 e. The van der Waals surface area contributed by atoms with Gasteiger partial charge in [0.2, 0.25) is 5.95 Å². The fourth-order valence-corrected chi connectivity index (χ4v) is 2.16. The Labute approximate surface area is 87.1 Å². The molecule has 0 radical (unpaired) electrons. The Hall–Kier alpha value is -0.970. The van der Waals surface area contributed by atoms with E-state index in [1.807, 2.05) is 0 Å². The molecule has 0 spiro atoms. The van der Waals surface area contributed by atoms with E-state index in [1.54, 1.807) is 0 Å². The molecule has 0 aromatic carbocycles. The summed E-state index contributed by atoms with van der Waals surface area (Å²) < 4.78 is 4.20. The molecule has 0 aliphatic carbocycles. The summed E-state index contributed by atoms with van der Waals surface area (Å²) in [5, 5.41) is 0.519. The van der Waals surface area contributed by atoms with Crippen molar-refractivity contribution in [1.82, 2.24) is 9.36 Å². The Kier molecular flexibility index (Phi) is 2.77. The van der Waals surface area contributed by atoms with E-state index in [2.05, 4.69) is 14.3 Å². The van der Waals surface area contributed by atoms with Crippen molar-refractivity contribution in [1.29, 1.82) is 0 Å². The summed E-state index contributed by atoms with van der Waals surface area (Å²) in [6, 6.07) is 0. The molecule has 1 saturated heterocycles. The SMILES string of the molecule is CC(=O)c1nc(N2CCCCC2)ns1. The van der Waals surface area contributed by atoms with Crippen molar-refractivity contribution in [2.24, 2.45) is 0 Å². The molecule has 5 heteroatoms. The van der Waals surface area contributed by atoms with Crippen LogP contribution in [0.2, 0.25) is 0 Å². The first-order valence-corrected chi connectivity index (χ1v) is 5.64. The van der Waals surface area contributed by atoms with Crippen LogP contribution in [0.5, 0.6) is 0 Å². The van der Waals surface area contributed by atoms with E-state index in [4.69, 9.17) is 0 Å². The van der Waals surface area contributed by atoms with E-state index >= 15 is 0 Å². The number of hydrogen-bond acceptors (Lipinski definition) is 5. The molecule has 0 unspecified atom stereocenters. The number of hydrogen-bond donors (Lipinski definition) is 0. The van der Waals surface area contributed by atoms with Crippen molar-refractivity contribution in [3.05, 3.63) is 5.01 Å². The van der Waals surface area contributed by atoms with Gasteiger partial charge in [-0.3, -0.25) is 4.79 Å². The zero-order chi connectivity index (χ0) is 9.97. The second-order valence-electron chi connectivity index (χ2n) is 3.50. The molecule has 0 saturated carbocycles. The van der Waals surface area contributed by atoms with Crippen molar-refractivity contribution in [3.8, 4) is 0 Å². The first-order valence-electron chi connectivity index (χ1n) is 4.87. The van der Waals surface area contributed by atoms with E-state index < -0.39 is 0 Å². The van der Waals surface area contributed by atoms with Gasteiger partial charge in [0, 0.05) is 20.0 Å². The Balaban J connectivity index is 2.11. The van der Waals surface area contributed by atoms with Gasteiger partial charge in [-0.1, -0.05) is 0 Å². The lowest BCUT2D eigenvalue weighted by atomic mass is 10.1. The van der Waals surface area contributed by atoms with Crippen LogP contribution < -0.4 is 4.90 Å². The highest BCUT2D eigenvalue weighted by Gasteiger charge is 2.16. The molecule has 1 fully saturated rings. The second-order valence-corrected chi connectivity index (χ2v) is 4.26. The molecule has 2 heterocycles. The molecule has 0 bridgehead atoms. The number of ketones is 1. The number of piperidine rings is 1. The molecule has 0 amide bonds. The maximum atomic E-state index is 11.0. The maximum Gasteiger partial charge on any atom is 0.237 e. The number of carbonyl (C=O) groups is 1. The number of anilines is 1. The smallest absolute Gasteiger partial charge is 0.237 e. The predicted octanol–water partition coefficient (Wildman–Crippen LogP) is 1.73. The summed E-state index contributed by atoms with van der Waals surface area (Å²) >= 11 is 1.20. The number of nitrogens with zero attached hydrogens (tertiary/aromatic N) is 3. The van der Waals surface area contributed by atoms with Gasteiger partial charge in [-0.15, -0.1) is 0 Å². The highest BCUT2D eigenvalue weighted by molar-refractivity contribution is 7.07. The summed E-state index contributed by atoms with van der Waals surface area (Å²) in [5.74, 6) is 0.741. The van der Waals surface area contributed by atoms with Gasteiger partial charge in [0.05, 0.1) is 0 Å². The number of Topliss-reactive ketones (excluding diaryl/α,β-unsaturated/α-hetero) is 1. The molecule has 1 aromatic rings. The summed E-state index contributed by atoms with van der Waals surface area (Å²) in [6.07, 6.45) is 3.70. The number of carbonyl (C=O) groups excluding carboxylic acids is 1. The fraction of sp³-hybridized carbons (Fsp3) is 0.667. The molecule has 1 aliphatic rings. The van der Waals surface area contributed by atoms with Crippen LogP contribution in [-0.2, 0) is 0 Å². The third kappa shape index (κ3) is 1.92. The maximum absolute atomic E-state index is 11.0. The molecule has 0 atom stereocenters. The van der Waals surface area contributed by atoms with Crippen LogP contribution in [0.25, 0.3) is 0 Å². The Bertz CT molecular complexity index is 331. The molecular formula is C9H13N3OS. The standard InChI is InChI=1S/C9H13N3OS/c1-7(13)8-10-9(11-14-8)12-5-3-2-4-6-12/h2-6H2,1H3. The van der Waals surface area contributed by atoms with E-state index in [-0.39, 0.29) is 5.78 Å². The Morgan fingerprint density at radius 3 is 2.64 bits per heavy atom. The van der Waals surface area contributed by atoms with Crippen molar-refractivity contribution in [2.45, 2.75) is 26.2 Å². The highest BCUT2D eigenvalue weighted by Crippen LogP contribution is 2.18. The van der Waals surface area contributed by atoms with Gasteiger partial charge in [-0.25, -0.2) is 0 Å². The van der Waals surface area contributed by atoms with Gasteiger partial charge in [0.15, 0.2) is 10.8 Å². The van der Waals surface area contributed by atoms with Crippen LogP contribution in [0, 0.1) is 0 Å². The van der Waals surface area contributed by atoms with Gasteiger partial charge in [0.25, 0.3) is 0 Å². The summed E-state index contributed by atoms with van der Waals surface area (Å²) in [5.41, 5.74) is 0. The molecule has 1 aliphatic heterocycles. The lowest BCUT2D eigenvalue weighted by Gasteiger charge is -2.24. The quantitative estimate of drug-likeness (QED) is 0.699. The van der Waals surface area contributed by atoms with Gasteiger partial charge in [0.1, 0.15) is 0 Å². The lowest BCUT2D eigenvalue weighted by Crippen LogP contribution is -2.30. The molecule has 4 nitrogen and oxygen atoms in total. The normalized spacial score (nSPS) is 17.1. The summed E-state index contributed by atoms with van der Waals surface area (Å²) in [4.78, 5) is 17.4. The first-order chi connectivity index (χ1) is 6.77. The summed E-state index contributed by atoms with van der Waals surface area (Å²) in [6.45, 7) is 3.57. The van der Waals surface area contributed by atoms with Gasteiger partial charge in [-0.05, 0) is 30.8 Å². The zero-order valence-electron chi connectivity index (χ0n) is 8.19. The highest BCUT2D eigenvalue weighted by atomic mass is 32.1. The predicted molar refractivity (Wildman–Crippen MR) is 56.0 cm³/mol. The van der Waals surface area contributed by atoms with Crippen molar-refractivity contribution in [2.75, 3.05) is 18.0 Å². The minimum absolute atomic E-state index is 0.00533. The fourth-order valence-electron chi connectivity index (χ4n) is 1.58. The second kappa shape index (κ2) is 4.04. The first kappa shape index (κ1) is 9.58. The molecule has 0 N–H and O–H groups in total. The third-order valence-electron chi connectivity index (χ3n) is 2.36. The molecule has 1 aromatic heterocycles. The average molecular weight is 211 g/mol. The van der Waals surface area contributed by atoms with Crippen LogP contribution in [0.4, 0.5) is 5.95 Å². The lowest BCUT2D eigenvalue weighted by molar-refractivity contribution is 0.101. The largest absolute Gasteiger partial charge is 0.340 e. The molecule has 76 valence electrons. The zero-order valence-corrected chi connectivity index (χ0v) is 9.01. The monoisotopic (exact) mass is 211 g/mol. The van der Waals surface area contributed by atoms with Gasteiger partial charge >= 0.3 is 0 Å². The topological polar surface area (TPSA) is 46.1 Å². The minimum atomic E-state index is 0.00533. The van der Waals surface area contributed by atoms with Gasteiger partial charge in [-0.2, -0.15) is 9.36 Å². The van der Waals surface area contributed by atoms with Crippen molar-refractivity contribution < 1.29 is 4.79 Å². The van der Waals surface area contributed by atoms with Crippen LogP contribution in [0.3, 0.4) is 0 Å². The van der Waals surface area contributed by atoms with E-state index in [0.29, 0.717) is 5.01 Å². The van der Waals surface area contributed by atoms with Crippen LogP contribution in [0.15, 0.2) is 0 Å².